The molecule has 0 aromatic heterocycles. The van der Waals surface area contributed by atoms with E-state index < -0.39 is 17.6 Å². The Morgan fingerprint density at radius 2 is 2.06 bits per heavy atom. The van der Waals surface area contributed by atoms with Crippen molar-refractivity contribution >= 4 is 11.7 Å². The molecule has 2 N–H and O–H groups in total. The van der Waals surface area contributed by atoms with Crippen molar-refractivity contribution < 1.29 is 15.0 Å². The zero-order valence-corrected chi connectivity index (χ0v) is 8.92. The number of rotatable bonds is 2. The number of hydrogen-bond acceptors (Lipinski definition) is 3. The fourth-order valence-electron chi connectivity index (χ4n) is 2.00. The summed E-state index contributed by atoms with van der Waals surface area (Å²) in [6.07, 6.45) is 0.109. The minimum Gasteiger partial charge on any atom is -0.480 e. The topological polar surface area (TPSA) is 69.9 Å². The lowest BCUT2D eigenvalue weighted by Gasteiger charge is -2.23. The van der Waals surface area contributed by atoms with Gasteiger partial charge in [0.15, 0.2) is 6.04 Å². The summed E-state index contributed by atoms with van der Waals surface area (Å²) in [6.45, 7) is 1.66. The maximum Gasteiger partial charge on any atom is 0.328 e. The molecule has 1 aliphatic rings. The fourth-order valence-corrected chi connectivity index (χ4v) is 2.00. The zero-order chi connectivity index (χ0) is 11.8. The molecule has 0 amide bonds. The van der Waals surface area contributed by atoms with Crippen LogP contribution in [0, 0.1) is 0 Å². The number of nitrogens with zero attached hydrogens (tertiary/aromatic N) is 1. The van der Waals surface area contributed by atoms with Gasteiger partial charge in [0.2, 0.25) is 0 Å². The highest BCUT2D eigenvalue weighted by molar-refractivity contribution is 5.96. The largest absolute Gasteiger partial charge is 0.480 e. The Morgan fingerprint density at radius 1 is 1.44 bits per heavy atom. The number of aliphatic imine (C=N–C) groups is 1. The quantitative estimate of drug-likeness (QED) is 0.785. The van der Waals surface area contributed by atoms with E-state index in [2.05, 4.69) is 4.99 Å². The Kier molecular flexibility index (Phi) is 2.52. The molecular weight excluding hydrogens is 206 g/mol. The molecule has 1 heterocycles. The highest BCUT2D eigenvalue weighted by atomic mass is 16.4. The third-order valence-corrected chi connectivity index (χ3v) is 2.97. The minimum absolute atomic E-state index is 0.109. The molecule has 0 saturated carbocycles. The first kappa shape index (κ1) is 10.8. The molecule has 1 aromatic rings. The van der Waals surface area contributed by atoms with E-state index in [0.29, 0.717) is 11.3 Å². The summed E-state index contributed by atoms with van der Waals surface area (Å²) in [5, 5.41) is 19.3. The maximum atomic E-state index is 10.8. The van der Waals surface area contributed by atoms with Crippen molar-refractivity contribution in [2.75, 3.05) is 0 Å². The van der Waals surface area contributed by atoms with Crippen LogP contribution in [0.3, 0.4) is 0 Å². The van der Waals surface area contributed by atoms with E-state index in [1.807, 2.05) is 18.2 Å². The van der Waals surface area contributed by atoms with Crippen molar-refractivity contribution in [1.29, 1.82) is 0 Å². The van der Waals surface area contributed by atoms with Crippen LogP contribution in [0.4, 0.5) is 0 Å². The number of benzene rings is 1. The summed E-state index contributed by atoms with van der Waals surface area (Å²) >= 11 is 0. The third-order valence-electron chi connectivity index (χ3n) is 2.97. The number of carbonyl (C=O) groups is 1. The van der Waals surface area contributed by atoms with Crippen molar-refractivity contribution in [3.8, 4) is 0 Å². The molecule has 0 bridgehead atoms. The van der Waals surface area contributed by atoms with Crippen molar-refractivity contribution in [3.05, 3.63) is 35.9 Å². The van der Waals surface area contributed by atoms with E-state index in [4.69, 9.17) is 5.11 Å². The lowest BCUT2D eigenvalue weighted by molar-refractivity contribution is -0.139. The molecule has 0 radical (unpaired) electrons. The van der Waals surface area contributed by atoms with Gasteiger partial charge >= 0.3 is 5.97 Å². The van der Waals surface area contributed by atoms with Gasteiger partial charge in [-0.15, -0.1) is 0 Å². The van der Waals surface area contributed by atoms with E-state index in [1.165, 1.54) is 0 Å². The molecule has 0 fully saturated rings. The summed E-state index contributed by atoms with van der Waals surface area (Å²) in [5.74, 6) is -0.994. The zero-order valence-electron chi connectivity index (χ0n) is 8.92. The number of carboxylic acid groups (broad SMARTS) is 1. The summed E-state index contributed by atoms with van der Waals surface area (Å²) < 4.78 is 0. The van der Waals surface area contributed by atoms with Gasteiger partial charge in [-0.1, -0.05) is 30.3 Å². The third kappa shape index (κ3) is 1.61. The highest BCUT2D eigenvalue weighted by Crippen LogP contribution is 2.34. The van der Waals surface area contributed by atoms with Gasteiger partial charge < -0.3 is 10.2 Å². The van der Waals surface area contributed by atoms with Gasteiger partial charge in [0.25, 0.3) is 0 Å². The summed E-state index contributed by atoms with van der Waals surface area (Å²) in [7, 11) is 0. The molecule has 4 heteroatoms. The summed E-state index contributed by atoms with van der Waals surface area (Å²) in [6, 6.07) is 8.20. The van der Waals surface area contributed by atoms with Crippen LogP contribution in [0.25, 0.3) is 0 Å². The molecule has 2 atom stereocenters. The normalized spacial score (nSPS) is 28.9. The van der Waals surface area contributed by atoms with Crippen LogP contribution in [0.2, 0.25) is 0 Å². The summed E-state index contributed by atoms with van der Waals surface area (Å²) in [5.41, 5.74) is -0.0734. The van der Waals surface area contributed by atoms with Crippen LogP contribution < -0.4 is 0 Å². The van der Waals surface area contributed by atoms with E-state index in [-0.39, 0.29) is 6.42 Å². The van der Waals surface area contributed by atoms with E-state index >= 15 is 0 Å². The SMILES string of the molecule is CC1=N[C@H](C(=O)O)C[C@]1(O)c1ccccc1. The van der Waals surface area contributed by atoms with Crippen molar-refractivity contribution in [1.82, 2.24) is 0 Å². The van der Waals surface area contributed by atoms with Crippen molar-refractivity contribution in [2.45, 2.75) is 25.0 Å². The molecular formula is C12H13NO3. The molecule has 1 aromatic carbocycles. The van der Waals surface area contributed by atoms with Gasteiger partial charge in [-0.05, 0) is 12.5 Å². The first-order chi connectivity index (χ1) is 7.54. The second kappa shape index (κ2) is 3.72. The van der Waals surface area contributed by atoms with Crippen LogP contribution >= 0.6 is 0 Å². The Balaban J connectivity index is 2.36. The monoisotopic (exact) mass is 219 g/mol. The van der Waals surface area contributed by atoms with E-state index in [9.17, 15) is 9.90 Å². The Hall–Kier alpha value is -1.68. The Bertz CT molecular complexity index is 441. The van der Waals surface area contributed by atoms with Gasteiger partial charge in [-0.2, -0.15) is 0 Å². The molecule has 0 aliphatic carbocycles. The Morgan fingerprint density at radius 3 is 2.56 bits per heavy atom. The number of carboxylic acids is 1. The predicted octanol–water partition coefficient (Wildman–Crippen LogP) is 1.19. The van der Waals surface area contributed by atoms with Gasteiger partial charge in [-0.25, -0.2) is 4.79 Å². The lowest BCUT2D eigenvalue weighted by atomic mass is 9.87. The second-order valence-corrected chi connectivity index (χ2v) is 4.00. The average Bonchev–Trinajstić information content (AvgIpc) is 2.58. The van der Waals surface area contributed by atoms with E-state index in [0.717, 1.165) is 0 Å². The van der Waals surface area contributed by atoms with Crippen molar-refractivity contribution in [2.24, 2.45) is 4.99 Å². The first-order valence-electron chi connectivity index (χ1n) is 5.09. The predicted molar refractivity (Wildman–Crippen MR) is 59.5 cm³/mol. The second-order valence-electron chi connectivity index (χ2n) is 4.00. The highest BCUT2D eigenvalue weighted by Gasteiger charge is 2.43. The molecule has 16 heavy (non-hydrogen) atoms. The van der Waals surface area contributed by atoms with Gasteiger partial charge in [-0.3, -0.25) is 4.99 Å². The molecule has 0 spiro atoms. The molecule has 2 rings (SSSR count). The smallest absolute Gasteiger partial charge is 0.328 e. The number of aliphatic carboxylic acids is 1. The molecule has 4 nitrogen and oxygen atoms in total. The van der Waals surface area contributed by atoms with Crippen LogP contribution in [0.15, 0.2) is 35.3 Å². The van der Waals surface area contributed by atoms with Gasteiger partial charge in [0, 0.05) is 12.1 Å². The molecule has 0 saturated heterocycles. The summed E-state index contributed by atoms with van der Waals surface area (Å²) in [4.78, 5) is 14.8. The van der Waals surface area contributed by atoms with Crippen LogP contribution in [-0.2, 0) is 10.4 Å². The molecule has 0 unspecified atom stereocenters. The standard InChI is InChI=1S/C12H13NO3/c1-8-12(16,7-10(13-8)11(14)15)9-5-3-2-4-6-9/h2-6,10,16H,7H2,1H3,(H,14,15)/t10-,12+/m0/s1. The van der Waals surface area contributed by atoms with Crippen LogP contribution in [-0.4, -0.2) is 27.9 Å². The molecule has 84 valence electrons. The van der Waals surface area contributed by atoms with E-state index in [1.54, 1.807) is 19.1 Å². The van der Waals surface area contributed by atoms with Crippen LogP contribution in [0.5, 0.6) is 0 Å². The maximum absolute atomic E-state index is 10.8. The minimum atomic E-state index is -1.23. The lowest BCUT2D eigenvalue weighted by Crippen LogP contribution is -2.32. The number of hydrogen-bond donors (Lipinski definition) is 2. The first-order valence-corrected chi connectivity index (χ1v) is 5.09. The van der Waals surface area contributed by atoms with Gasteiger partial charge in [0.05, 0.1) is 0 Å². The van der Waals surface area contributed by atoms with Crippen LogP contribution in [0.1, 0.15) is 18.9 Å². The average molecular weight is 219 g/mol. The van der Waals surface area contributed by atoms with Crippen molar-refractivity contribution in [3.63, 3.8) is 0 Å². The fraction of sp³-hybridized carbons (Fsp3) is 0.333. The molecule has 1 aliphatic heterocycles. The van der Waals surface area contributed by atoms with Gasteiger partial charge in [0.1, 0.15) is 5.60 Å². The Labute approximate surface area is 93.3 Å². The number of aliphatic hydroxyl groups is 1.